The van der Waals surface area contributed by atoms with Crippen LogP contribution in [0.1, 0.15) is 11.3 Å². The number of hydrogen-bond donors (Lipinski definition) is 1. The van der Waals surface area contributed by atoms with Gasteiger partial charge in [-0.1, -0.05) is 11.3 Å². The largest absolute Gasteiger partial charge is 0.488 e. The zero-order valence-electron chi connectivity index (χ0n) is 15.7. The molecule has 0 amide bonds. The number of pyridine rings is 1. The second-order valence-corrected chi connectivity index (χ2v) is 6.57. The smallest absolute Gasteiger partial charge is 0.419 e. The maximum atomic E-state index is 13.7. The Kier molecular flexibility index (Phi) is 4.87. The number of aromatic nitrogens is 4. The van der Waals surface area contributed by atoms with E-state index in [0.717, 1.165) is 11.6 Å². The zero-order valence-corrected chi connectivity index (χ0v) is 15.7. The van der Waals surface area contributed by atoms with Gasteiger partial charge in [-0.2, -0.15) is 18.4 Å². The average molecular weight is 412 g/mol. The molecule has 1 aliphatic heterocycles. The molecule has 7 nitrogen and oxygen atoms in total. The van der Waals surface area contributed by atoms with Crippen molar-refractivity contribution >= 4 is 11.0 Å². The van der Waals surface area contributed by atoms with Crippen molar-refractivity contribution in [1.29, 1.82) is 5.26 Å². The van der Waals surface area contributed by atoms with Crippen LogP contribution in [0.15, 0.2) is 48.2 Å². The minimum absolute atomic E-state index is 0.00545. The first kappa shape index (κ1) is 19.4. The number of nitriles is 1. The molecule has 3 aromatic rings. The highest BCUT2D eigenvalue weighted by molar-refractivity contribution is 5.83. The van der Waals surface area contributed by atoms with E-state index in [4.69, 9.17) is 4.74 Å². The van der Waals surface area contributed by atoms with Crippen molar-refractivity contribution in [1.82, 2.24) is 25.3 Å². The molecule has 3 heterocycles. The Balaban J connectivity index is 1.74. The van der Waals surface area contributed by atoms with Crippen molar-refractivity contribution in [3.05, 3.63) is 59.4 Å². The Morgan fingerprint density at radius 1 is 1.30 bits per heavy atom. The van der Waals surface area contributed by atoms with Crippen LogP contribution in [0.4, 0.5) is 13.2 Å². The van der Waals surface area contributed by atoms with Gasteiger partial charge in [0.15, 0.2) is 5.69 Å². The van der Waals surface area contributed by atoms with E-state index in [0.29, 0.717) is 17.6 Å². The Morgan fingerprint density at radius 2 is 2.13 bits per heavy atom. The molecule has 2 aromatic heterocycles. The molecule has 10 heteroatoms. The van der Waals surface area contributed by atoms with Gasteiger partial charge in [0.1, 0.15) is 23.9 Å². The lowest BCUT2D eigenvalue weighted by Crippen LogP contribution is -2.14. The van der Waals surface area contributed by atoms with Crippen molar-refractivity contribution in [2.75, 3.05) is 13.2 Å². The standard InChI is InChI=1S/C20H15F3N6O/c1-29-17-9-15(26-16(10-24)19(17)27-28-29)13-2-3-18(14(8-13)20(21,22)23)30-11-12-4-6-25-7-5-12/h2-6,8-9,25H,7,11H2,1H3. The third-order valence-electron chi connectivity index (χ3n) is 4.58. The molecular formula is C20H15F3N6O. The van der Waals surface area contributed by atoms with Crippen LogP contribution in [-0.4, -0.2) is 33.1 Å². The number of halogens is 3. The Bertz CT molecular complexity index is 1220. The second-order valence-electron chi connectivity index (χ2n) is 6.57. The summed E-state index contributed by atoms with van der Waals surface area (Å²) < 4.78 is 48.0. The van der Waals surface area contributed by atoms with Crippen LogP contribution in [-0.2, 0) is 13.2 Å². The molecule has 0 saturated heterocycles. The van der Waals surface area contributed by atoms with Gasteiger partial charge in [-0.15, -0.1) is 5.10 Å². The van der Waals surface area contributed by atoms with Crippen molar-refractivity contribution in [2.24, 2.45) is 7.05 Å². The fourth-order valence-corrected chi connectivity index (χ4v) is 3.05. The molecular weight excluding hydrogens is 397 g/mol. The Morgan fingerprint density at radius 3 is 2.83 bits per heavy atom. The van der Waals surface area contributed by atoms with Crippen molar-refractivity contribution in [2.45, 2.75) is 6.18 Å². The molecule has 0 radical (unpaired) electrons. The number of fused-ring (bicyclic) bond motifs is 1. The number of benzene rings is 1. The molecule has 0 saturated carbocycles. The van der Waals surface area contributed by atoms with E-state index in [1.54, 1.807) is 25.4 Å². The maximum absolute atomic E-state index is 13.7. The van der Waals surface area contributed by atoms with Gasteiger partial charge in [0.25, 0.3) is 0 Å². The van der Waals surface area contributed by atoms with E-state index < -0.39 is 11.7 Å². The lowest BCUT2D eigenvalue weighted by atomic mass is 10.0. The topological polar surface area (TPSA) is 88.7 Å². The molecule has 1 aromatic carbocycles. The second kappa shape index (κ2) is 7.51. The van der Waals surface area contributed by atoms with Crippen molar-refractivity contribution < 1.29 is 17.9 Å². The molecule has 4 rings (SSSR count). The van der Waals surface area contributed by atoms with Gasteiger partial charge in [-0.3, -0.25) is 0 Å². The van der Waals surface area contributed by atoms with E-state index in [-0.39, 0.29) is 29.3 Å². The number of nitrogens with zero attached hydrogens (tertiary/aromatic N) is 5. The number of nitrogens with one attached hydrogen (secondary N) is 1. The summed E-state index contributed by atoms with van der Waals surface area (Å²) in [6.45, 7) is 0.614. The van der Waals surface area contributed by atoms with Crippen molar-refractivity contribution in [3.8, 4) is 23.1 Å². The molecule has 0 atom stereocenters. The lowest BCUT2D eigenvalue weighted by molar-refractivity contribution is -0.138. The predicted molar refractivity (Wildman–Crippen MR) is 102 cm³/mol. The van der Waals surface area contributed by atoms with E-state index in [9.17, 15) is 18.4 Å². The summed E-state index contributed by atoms with van der Waals surface area (Å²) in [5.41, 5.74) is 1.07. The van der Waals surface area contributed by atoms with Gasteiger partial charge < -0.3 is 10.1 Å². The molecule has 0 fully saturated rings. The lowest BCUT2D eigenvalue weighted by Gasteiger charge is -2.16. The van der Waals surface area contributed by atoms with Gasteiger partial charge in [0.2, 0.25) is 0 Å². The minimum atomic E-state index is -4.63. The van der Waals surface area contributed by atoms with Gasteiger partial charge >= 0.3 is 6.18 Å². The SMILES string of the molecule is Cn1nnc2c(C#N)nc(-c3ccc(OCC4=CCNC=C4)c(C(F)(F)F)c3)cc21. The molecule has 0 bridgehead atoms. The van der Waals surface area contributed by atoms with Gasteiger partial charge in [0, 0.05) is 19.2 Å². The third-order valence-corrected chi connectivity index (χ3v) is 4.58. The quantitative estimate of drug-likeness (QED) is 0.707. The Hall–Kier alpha value is -3.87. The number of dihydropyridines is 1. The number of alkyl halides is 3. The molecule has 30 heavy (non-hydrogen) atoms. The summed E-state index contributed by atoms with van der Waals surface area (Å²) in [5.74, 6) is -0.275. The van der Waals surface area contributed by atoms with Gasteiger partial charge in [-0.25, -0.2) is 9.67 Å². The molecule has 152 valence electrons. The third kappa shape index (κ3) is 3.69. The normalized spacial score (nSPS) is 13.6. The molecule has 0 aliphatic carbocycles. The predicted octanol–water partition coefficient (Wildman–Crippen LogP) is 3.34. The summed E-state index contributed by atoms with van der Waals surface area (Å²) in [7, 11) is 1.63. The average Bonchev–Trinajstić information content (AvgIpc) is 3.12. The molecule has 1 N–H and O–H groups in total. The minimum Gasteiger partial charge on any atom is -0.488 e. The summed E-state index contributed by atoms with van der Waals surface area (Å²) >= 11 is 0. The monoisotopic (exact) mass is 412 g/mol. The number of hydrogen-bond acceptors (Lipinski definition) is 6. The first-order chi connectivity index (χ1) is 14.4. The first-order valence-electron chi connectivity index (χ1n) is 8.91. The summed E-state index contributed by atoms with van der Waals surface area (Å²) in [5, 5.41) is 20.0. The highest BCUT2D eigenvalue weighted by Crippen LogP contribution is 2.39. The van der Waals surface area contributed by atoms with Crippen LogP contribution in [0.2, 0.25) is 0 Å². The fourth-order valence-electron chi connectivity index (χ4n) is 3.05. The fraction of sp³-hybridized carbons (Fsp3) is 0.200. The summed E-state index contributed by atoms with van der Waals surface area (Å²) in [6, 6.07) is 7.19. The summed E-state index contributed by atoms with van der Waals surface area (Å²) in [6.07, 6.45) is 0.677. The van der Waals surface area contributed by atoms with E-state index in [1.807, 2.05) is 12.1 Å². The summed E-state index contributed by atoms with van der Waals surface area (Å²) in [4.78, 5) is 4.16. The van der Waals surface area contributed by atoms with Crippen LogP contribution in [0.3, 0.4) is 0 Å². The maximum Gasteiger partial charge on any atom is 0.419 e. The molecule has 1 aliphatic rings. The van der Waals surface area contributed by atoms with Crippen LogP contribution in [0.25, 0.3) is 22.3 Å². The van der Waals surface area contributed by atoms with E-state index in [2.05, 4.69) is 20.6 Å². The Labute approximate surface area is 169 Å². The van der Waals surface area contributed by atoms with E-state index in [1.165, 1.54) is 16.8 Å². The van der Waals surface area contributed by atoms with Crippen LogP contribution in [0, 0.1) is 11.3 Å². The van der Waals surface area contributed by atoms with Crippen LogP contribution in [0.5, 0.6) is 5.75 Å². The number of aryl methyl sites for hydroxylation is 1. The van der Waals surface area contributed by atoms with Gasteiger partial charge in [-0.05, 0) is 42.1 Å². The molecule has 0 spiro atoms. The number of rotatable bonds is 4. The molecule has 0 unspecified atom stereocenters. The highest BCUT2D eigenvalue weighted by atomic mass is 19.4. The zero-order chi connectivity index (χ0) is 21.3. The van der Waals surface area contributed by atoms with Crippen LogP contribution >= 0.6 is 0 Å². The van der Waals surface area contributed by atoms with Crippen LogP contribution < -0.4 is 10.1 Å². The number of ether oxygens (including phenoxy) is 1. The highest BCUT2D eigenvalue weighted by Gasteiger charge is 2.35. The van der Waals surface area contributed by atoms with Crippen molar-refractivity contribution in [3.63, 3.8) is 0 Å². The van der Waals surface area contributed by atoms with E-state index >= 15 is 0 Å². The van der Waals surface area contributed by atoms with Gasteiger partial charge in [0.05, 0.1) is 16.8 Å². The first-order valence-corrected chi connectivity index (χ1v) is 8.91.